The molecule has 0 unspecified atom stereocenters. The molecule has 3 amide bonds. The van der Waals surface area contributed by atoms with Crippen molar-refractivity contribution in [2.45, 2.75) is 46.3 Å². The smallest absolute Gasteiger partial charge is 0.416 e. The molecule has 0 spiro atoms. The van der Waals surface area contributed by atoms with Crippen molar-refractivity contribution >= 4 is 29.1 Å². The highest BCUT2D eigenvalue weighted by Gasteiger charge is 2.45. The molecular formula is C34H40F3N5O4. The van der Waals surface area contributed by atoms with Crippen LogP contribution in [0.5, 0.6) is 5.75 Å². The van der Waals surface area contributed by atoms with Crippen molar-refractivity contribution in [2.75, 3.05) is 50.1 Å². The molecule has 9 nitrogen and oxygen atoms in total. The third-order valence-corrected chi connectivity index (χ3v) is 8.02. The lowest BCUT2D eigenvalue weighted by atomic mass is 9.90. The van der Waals surface area contributed by atoms with Gasteiger partial charge in [-0.15, -0.1) is 0 Å². The van der Waals surface area contributed by atoms with Crippen molar-refractivity contribution in [3.05, 3.63) is 83.2 Å². The van der Waals surface area contributed by atoms with Crippen LogP contribution in [0.1, 0.15) is 54.4 Å². The van der Waals surface area contributed by atoms with E-state index in [4.69, 9.17) is 4.74 Å². The van der Waals surface area contributed by atoms with Crippen molar-refractivity contribution in [1.82, 2.24) is 15.2 Å². The number of fused-ring (bicyclic) bond motifs is 1. The molecule has 1 aliphatic heterocycles. The molecule has 12 heteroatoms. The lowest BCUT2D eigenvalue weighted by molar-refractivity contribution is -0.138. The largest absolute Gasteiger partial charge is 0.494 e. The van der Waals surface area contributed by atoms with Gasteiger partial charge in [0.15, 0.2) is 0 Å². The summed E-state index contributed by atoms with van der Waals surface area (Å²) in [6, 6.07) is 13.5. The standard InChI is InChI=1S/C34H40F3N5O4/c1-6-42-28-14-13-27(21-29(28)41(5)31(44)33(2,3)32(42)45)46-19-7-8-26-20-23(15-16-39-26)22-38-17-18-40(4)30(43)24-9-11-25(12-10-24)34(35,36)37/h9-16,20-21,38H,6-8,17-19,22H2,1-5H3. The molecule has 4 rings (SSSR count). The monoisotopic (exact) mass is 639 g/mol. The zero-order chi connectivity index (χ0) is 33.6. The molecule has 0 radical (unpaired) electrons. The van der Waals surface area contributed by atoms with Gasteiger partial charge < -0.3 is 24.8 Å². The maximum absolute atomic E-state index is 13.1. The van der Waals surface area contributed by atoms with Gasteiger partial charge >= 0.3 is 6.18 Å². The number of hydrogen-bond acceptors (Lipinski definition) is 6. The minimum absolute atomic E-state index is 0.200. The fourth-order valence-electron chi connectivity index (χ4n) is 5.29. The molecule has 0 bridgehead atoms. The average molecular weight is 640 g/mol. The fourth-order valence-corrected chi connectivity index (χ4v) is 5.29. The number of pyridine rings is 1. The van der Waals surface area contributed by atoms with Gasteiger partial charge in [0.05, 0.1) is 23.5 Å². The summed E-state index contributed by atoms with van der Waals surface area (Å²) in [5.74, 6) is -0.249. The Morgan fingerprint density at radius 1 is 1.02 bits per heavy atom. The number of alkyl halides is 3. The number of carbonyl (C=O) groups is 3. The van der Waals surface area contributed by atoms with Crippen LogP contribution >= 0.6 is 0 Å². The van der Waals surface area contributed by atoms with Gasteiger partial charge in [-0.1, -0.05) is 0 Å². The number of aryl methyl sites for hydroxylation is 1. The average Bonchev–Trinajstić information content (AvgIpc) is 3.08. The number of amides is 3. The van der Waals surface area contributed by atoms with Crippen LogP contribution in [0.2, 0.25) is 0 Å². The van der Waals surface area contributed by atoms with Gasteiger partial charge in [-0.3, -0.25) is 19.4 Å². The van der Waals surface area contributed by atoms with Gasteiger partial charge in [-0.2, -0.15) is 13.2 Å². The van der Waals surface area contributed by atoms with Crippen LogP contribution < -0.4 is 19.9 Å². The number of halogens is 3. The van der Waals surface area contributed by atoms with Gasteiger partial charge in [0.25, 0.3) is 5.91 Å². The third kappa shape index (κ3) is 7.85. The fraction of sp³-hybridized carbons (Fsp3) is 0.412. The first kappa shape index (κ1) is 34.4. The van der Waals surface area contributed by atoms with Crippen LogP contribution in [0.4, 0.5) is 24.5 Å². The van der Waals surface area contributed by atoms with Gasteiger partial charge in [0.1, 0.15) is 11.2 Å². The van der Waals surface area contributed by atoms with Gasteiger partial charge in [-0.25, -0.2) is 0 Å². The normalized spacial score (nSPS) is 14.6. The Bertz CT molecular complexity index is 1560. The SMILES string of the molecule is CCN1C(=O)C(C)(C)C(=O)N(C)c2cc(OCCCc3cc(CNCCN(C)C(=O)c4ccc(C(F)(F)F)cc4)ccn3)ccc21. The second-order valence-corrected chi connectivity index (χ2v) is 11.8. The summed E-state index contributed by atoms with van der Waals surface area (Å²) in [7, 11) is 3.28. The zero-order valence-corrected chi connectivity index (χ0v) is 26.8. The van der Waals surface area contributed by atoms with Crippen LogP contribution in [0.25, 0.3) is 0 Å². The van der Waals surface area contributed by atoms with Crippen LogP contribution in [0.3, 0.4) is 0 Å². The Hall–Kier alpha value is -4.45. The predicted octanol–water partition coefficient (Wildman–Crippen LogP) is 5.33. The maximum atomic E-state index is 13.1. The second-order valence-electron chi connectivity index (χ2n) is 11.8. The second kappa shape index (κ2) is 14.3. The molecule has 1 aromatic heterocycles. The van der Waals surface area contributed by atoms with E-state index in [1.54, 1.807) is 45.1 Å². The Morgan fingerprint density at radius 3 is 2.41 bits per heavy atom. The van der Waals surface area contributed by atoms with E-state index < -0.39 is 17.2 Å². The first-order chi connectivity index (χ1) is 21.7. The Kier molecular flexibility index (Phi) is 10.7. The lowest BCUT2D eigenvalue weighted by Gasteiger charge is -2.27. The molecule has 1 N–H and O–H groups in total. The zero-order valence-electron chi connectivity index (χ0n) is 26.8. The molecule has 0 fully saturated rings. The molecule has 3 aromatic rings. The molecule has 46 heavy (non-hydrogen) atoms. The number of nitrogens with one attached hydrogen (secondary N) is 1. The van der Waals surface area contributed by atoms with Crippen molar-refractivity contribution in [2.24, 2.45) is 5.41 Å². The number of likely N-dealkylation sites (N-methyl/N-ethyl adjacent to an activating group) is 1. The van der Waals surface area contributed by atoms with Crippen molar-refractivity contribution in [1.29, 1.82) is 0 Å². The van der Waals surface area contributed by atoms with E-state index in [-0.39, 0.29) is 23.3 Å². The molecule has 0 atom stereocenters. The molecule has 2 aromatic carbocycles. The quantitative estimate of drug-likeness (QED) is 0.213. The number of carbonyl (C=O) groups excluding carboxylic acids is 3. The lowest BCUT2D eigenvalue weighted by Crippen LogP contribution is -2.47. The number of nitrogens with zero attached hydrogens (tertiary/aromatic N) is 4. The molecular weight excluding hydrogens is 599 g/mol. The Balaban J connectivity index is 1.23. The first-order valence-corrected chi connectivity index (χ1v) is 15.2. The maximum Gasteiger partial charge on any atom is 0.416 e. The molecule has 0 saturated carbocycles. The highest BCUT2D eigenvalue weighted by molar-refractivity contribution is 6.20. The van der Waals surface area contributed by atoms with Crippen LogP contribution in [-0.4, -0.2) is 67.9 Å². The number of rotatable bonds is 12. The number of ether oxygens (including phenoxy) is 1. The number of aromatic nitrogens is 1. The summed E-state index contributed by atoms with van der Waals surface area (Å²) in [4.78, 5) is 47.8. The van der Waals surface area contributed by atoms with Crippen molar-refractivity contribution in [3.63, 3.8) is 0 Å². The van der Waals surface area contributed by atoms with Crippen molar-refractivity contribution in [3.8, 4) is 5.75 Å². The van der Waals surface area contributed by atoms with Gasteiger partial charge in [0.2, 0.25) is 11.8 Å². The summed E-state index contributed by atoms with van der Waals surface area (Å²) < 4.78 is 44.4. The number of hydrogen-bond donors (Lipinski definition) is 1. The summed E-state index contributed by atoms with van der Waals surface area (Å²) in [6.07, 6.45) is -1.30. The van der Waals surface area contributed by atoms with E-state index in [0.29, 0.717) is 62.8 Å². The van der Waals surface area contributed by atoms with Crippen LogP contribution in [-0.2, 0) is 28.7 Å². The minimum atomic E-state index is -4.44. The summed E-state index contributed by atoms with van der Waals surface area (Å²) in [6.45, 7) is 7.50. The Morgan fingerprint density at radius 2 is 1.74 bits per heavy atom. The van der Waals surface area contributed by atoms with E-state index in [2.05, 4.69) is 10.3 Å². The molecule has 246 valence electrons. The van der Waals surface area contributed by atoms with E-state index in [1.165, 1.54) is 21.9 Å². The summed E-state index contributed by atoms with van der Waals surface area (Å²) in [5, 5.41) is 3.29. The third-order valence-electron chi connectivity index (χ3n) is 8.02. The van der Waals surface area contributed by atoms with E-state index in [9.17, 15) is 27.6 Å². The summed E-state index contributed by atoms with van der Waals surface area (Å²) in [5.41, 5.74) is 1.47. The minimum Gasteiger partial charge on any atom is -0.494 e. The Labute approximate surface area is 267 Å². The topological polar surface area (TPSA) is 95.1 Å². The van der Waals surface area contributed by atoms with Crippen molar-refractivity contribution < 1.29 is 32.3 Å². The van der Waals surface area contributed by atoms with Gasteiger partial charge in [0, 0.05) is 63.8 Å². The van der Waals surface area contributed by atoms with Gasteiger partial charge in [-0.05, 0) is 87.7 Å². The first-order valence-electron chi connectivity index (χ1n) is 15.2. The summed E-state index contributed by atoms with van der Waals surface area (Å²) >= 11 is 0. The van der Waals surface area contributed by atoms with E-state index in [1.807, 2.05) is 31.2 Å². The number of benzene rings is 2. The predicted molar refractivity (Wildman–Crippen MR) is 170 cm³/mol. The highest BCUT2D eigenvalue weighted by Crippen LogP contribution is 2.40. The van der Waals surface area contributed by atoms with Crippen LogP contribution in [0.15, 0.2) is 60.8 Å². The molecule has 2 heterocycles. The number of anilines is 2. The van der Waals surface area contributed by atoms with E-state index >= 15 is 0 Å². The highest BCUT2D eigenvalue weighted by atomic mass is 19.4. The molecule has 0 saturated heterocycles. The molecule has 0 aliphatic carbocycles. The van der Waals surface area contributed by atoms with E-state index in [0.717, 1.165) is 23.4 Å². The molecule has 1 aliphatic rings. The van der Waals surface area contributed by atoms with Crippen LogP contribution in [0, 0.1) is 5.41 Å².